The van der Waals surface area contributed by atoms with E-state index in [1.165, 1.54) is 0 Å². The van der Waals surface area contributed by atoms with E-state index in [1.807, 2.05) is 0 Å². The molecule has 0 aliphatic carbocycles. The Morgan fingerprint density at radius 2 is 1.79 bits per heavy atom. The van der Waals surface area contributed by atoms with Crippen molar-refractivity contribution in [3.8, 4) is 0 Å². The predicted molar refractivity (Wildman–Crippen MR) is 60.2 cm³/mol. The van der Waals surface area contributed by atoms with Gasteiger partial charge in [0.05, 0.1) is 0 Å². The molecule has 0 aromatic carbocycles. The zero-order chi connectivity index (χ0) is 11.2. The molecule has 3 nitrogen and oxygen atoms in total. The van der Waals surface area contributed by atoms with E-state index < -0.39 is 0 Å². The van der Waals surface area contributed by atoms with Gasteiger partial charge in [-0.3, -0.25) is 4.79 Å². The first-order valence-electron chi connectivity index (χ1n) is 5.31. The summed E-state index contributed by atoms with van der Waals surface area (Å²) in [5, 5.41) is 6.14. The van der Waals surface area contributed by atoms with Crippen LogP contribution in [0.2, 0.25) is 0 Å². The van der Waals surface area contributed by atoms with E-state index in [4.69, 9.17) is 0 Å². The van der Waals surface area contributed by atoms with E-state index in [9.17, 15) is 4.79 Å². The second-order valence-electron chi connectivity index (χ2n) is 5.20. The maximum absolute atomic E-state index is 11.4. The highest BCUT2D eigenvalue weighted by molar-refractivity contribution is 5.76. The molecule has 0 atom stereocenters. The average Bonchev–Trinajstić information content (AvgIpc) is 1.94. The minimum atomic E-state index is 0.0789. The third kappa shape index (κ3) is 9.52. The first-order valence-corrected chi connectivity index (χ1v) is 5.31. The van der Waals surface area contributed by atoms with E-state index >= 15 is 0 Å². The number of rotatable bonds is 5. The van der Waals surface area contributed by atoms with Crippen LogP contribution in [0.5, 0.6) is 0 Å². The molecule has 0 aromatic rings. The fourth-order valence-corrected chi connectivity index (χ4v) is 1.11. The second kappa shape index (κ2) is 6.02. The highest BCUT2D eigenvalue weighted by Crippen LogP contribution is 2.17. The van der Waals surface area contributed by atoms with Crippen molar-refractivity contribution in [2.45, 2.75) is 47.1 Å². The molecule has 0 aliphatic rings. The number of carbonyl (C=O) groups excluding carboxylic acids is 1. The van der Waals surface area contributed by atoms with Gasteiger partial charge in [-0.2, -0.15) is 0 Å². The second-order valence-corrected chi connectivity index (χ2v) is 5.20. The third-order valence-electron chi connectivity index (χ3n) is 1.69. The van der Waals surface area contributed by atoms with E-state index in [2.05, 4.69) is 45.3 Å². The Hall–Kier alpha value is -0.570. The van der Waals surface area contributed by atoms with Crippen LogP contribution in [0.1, 0.15) is 41.0 Å². The summed E-state index contributed by atoms with van der Waals surface area (Å²) in [7, 11) is 0. The Morgan fingerprint density at radius 3 is 2.21 bits per heavy atom. The molecular formula is C11H24N2O. The SMILES string of the molecule is CC(C)NCCNC(=O)CC(C)(C)C. The highest BCUT2D eigenvalue weighted by atomic mass is 16.1. The van der Waals surface area contributed by atoms with E-state index in [1.54, 1.807) is 0 Å². The summed E-state index contributed by atoms with van der Waals surface area (Å²) in [6.07, 6.45) is 0.592. The van der Waals surface area contributed by atoms with Crippen molar-refractivity contribution in [2.24, 2.45) is 5.41 Å². The summed E-state index contributed by atoms with van der Waals surface area (Å²) in [6, 6.07) is 0.481. The van der Waals surface area contributed by atoms with Crippen molar-refractivity contribution < 1.29 is 4.79 Å². The van der Waals surface area contributed by atoms with Crippen LogP contribution in [0.4, 0.5) is 0 Å². The Balaban J connectivity index is 3.46. The Bertz CT molecular complexity index is 171. The van der Waals surface area contributed by atoms with Crippen LogP contribution in [0.3, 0.4) is 0 Å². The lowest BCUT2D eigenvalue weighted by Gasteiger charge is -2.17. The predicted octanol–water partition coefficient (Wildman–Crippen LogP) is 1.54. The maximum Gasteiger partial charge on any atom is 0.220 e. The lowest BCUT2D eigenvalue weighted by Crippen LogP contribution is -2.35. The van der Waals surface area contributed by atoms with Gasteiger partial charge in [-0.1, -0.05) is 34.6 Å². The minimum Gasteiger partial charge on any atom is -0.355 e. The van der Waals surface area contributed by atoms with Crippen molar-refractivity contribution in [2.75, 3.05) is 13.1 Å². The molecule has 0 unspecified atom stereocenters. The topological polar surface area (TPSA) is 41.1 Å². The van der Waals surface area contributed by atoms with Crippen LogP contribution < -0.4 is 10.6 Å². The van der Waals surface area contributed by atoms with Crippen molar-refractivity contribution in [1.29, 1.82) is 0 Å². The van der Waals surface area contributed by atoms with Gasteiger partial charge in [0.1, 0.15) is 0 Å². The lowest BCUT2D eigenvalue weighted by molar-refractivity contribution is -0.122. The smallest absolute Gasteiger partial charge is 0.220 e. The summed E-state index contributed by atoms with van der Waals surface area (Å²) in [5.41, 5.74) is 0.0789. The number of carbonyl (C=O) groups is 1. The van der Waals surface area contributed by atoms with Gasteiger partial charge in [-0.15, -0.1) is 0 Å². The molecule has 0 saturated heterocycles. The quantitative estimate of drug-likeness (QED) is 0.661. The normalized spacial score (nSPS) is 11.9. The number of hydrogen-bond acceptors (Lipinski definition) is 2. The van der Waals surface area contributed by atoms with Gasteiger partial charge in [0.25, 0.3) is 0 Å². The fourth-order valence-electron chi connectivity index (χ4n) is 1.11. The Kier molecular flexibility index (Phi) is 5.77. The summed E-state index contributed by atoms with van der Waals surface area (Å²) in [6.45, 7) is 11.9. The molecule has 0 spiro atoms. The molecule has 0 saturated carbocycles. The maximum atomic E-state index is 11.4. The van der Waals surface area contributed by atoms with Crippen LogP contribution in [0.25, 0.3) is 0 Å². The van der Waals surface area contributed by atoms with Gasteiger partial charge in [-0.05, 0) is 5.41 Å². The number of nitrogens with one attached hydrogen (secondary N) is 2. The molecule has 84 valence electrons. The zero-order valence-corrected chi connectivity index (χ0v) is 10.1. The standard InChI is InChI=1S/C11H24N2O/c1-9(2)12-6-7-13-10(14)8-11(3,4)5/h9,12H,6-8H2,1-5H3,(H,13,14). The van der Waals surface area contributed by atoms with Gasteiger partial charge in [-0.25, -0.2) is 0 Å². The third-order valence-corrected chi connectivity index (χ3v) is 1.69. The molecule has 0 aliphatic heterocycles. The monoisotopic (exact) mass is 200 g/mol. The molecule has 3 heteroatoms. The van der Waals surface area contributed by atoms with Crippen LogP contribution >= 0.6 is 0 Å². The summed E-state index contributed by atoms with van der Waals surface area (Å²) in [5.74, 6) is 0.142. The van der Waals surface area contributed by atoms with Gasteiger partial charge >= 0.3 is 0 Å². The van der Waals surface area contributed by atoms with Crippen molar-refractivity contribution in [3.63, 3.8) is 0 Å². The van der Waals surface area contributed by atoms with Crippen molar-refractivity contribution in [1.82, 2.24) is 10.6 Å². The number of hydrogen-bond donors (Lipinski definition) is 2. The Labute approximate surface area is 87.6 Å². The molecule has 0 bridgehead atoms. The lowest BCUT2D eigenvalue weighted by atomic mass is 9.92. The molecule has 0 radical (unpaired) electrons. The first kappa shape index (κ1) is 13.4. The van der Waals surface area contributed by atoms with Crippen LogP contribution in [0.15, 0.2) is 0 Å². The largest absolute Gasteiger partial charge is 0.355 e. The summed E-state index contributed by atoms with van der Waals surface area (Å²) >= 11 is 0. The van der Waals surface area contributed by atoms with Crippen molar-refractivity contribution in [3.05, 3.63) is 0 Å². The molecule has 0 heterocycles. The van der Waals surface area contributed by atoms with Crippen LogP contribution in [-0.2, 0) is 4.79 Å². The summed E-state index contributed by atoms with van der Waals surface area (Å²) < 4.78 is 0. The zero-order valence-electron chi connectivity index (χ0n) is 10.1. The molecule has 0 aromatic heterocycles. The van der Waals surface area contributed by atoms with Crippen LogP contribution in [-0.4, -0.2) is 25.0 Å². The van der Waals surface area contributed by atoms with Crippen LogP contribution in [0, 0.1) is 5.41 Å². The minimum absolute atomic E-state index is 0.0789. The molecular weight excluding hydrogens is 176 g/mol. The fraction of sp³-hybridized carbons (Fsp3) is 0.909. The van der Waals surface area contributed by atoms with Gasteiger partial charge in [0.15, 0.2) is 0 Å². The highest BCUT2D eigenvalue weighted by Gasteiger charge is 2.14. The Morgan fingerprint density at radius 1 is 1.21 bits per heavy atom. The molecule has 1 amide bonds. The van der Waals surface area contributed by atoms with Gasteiger partial charge in [0.2, 0.25) is 5.91 Å². The van der Waals surface area contributed by atoms with E-state index in [0.29, 0.717) is 19.0 Å². The molecule has 2 N–H and O–H groups in total. The average molecular weight is 200 g/mol. The number of amides is 1. The molecule has 0 rings (SSSR count). The first-order chi connectivity index (χ1) is 6.31. The van der Waals surface area contributed by atoms with Gasteiger partial charge < -0.3 is 10.6 Å². The molecule has 0 fully saturated rings. The van der Waals surface area contributed by atoms with E-state index in [0.717, 1.165) is 6.54 Å². The van der Waals surface area contributed by atoms with E-state index in [-0.39, 0.29) is 11.3 Å². The van der Waals surface area contributed by atoms with Gasteiger partial charge in [0, 0.05) is 25.6 Å². The van der Waals surface area contributed by atoms with Crippen molar-refractivity contribution >= 4 is 5.91 Å². The summed E-state index contributed by atoms with van der Waals surface area (Å²) in [4.78, 5) is 11.4. The molecule has 14 heavy (non-hydrogen) atoms.